The Balaban J connectivity index is 1.51. The third-order valence-corrected chi connectivity index (χ3v) is 5.98. The van der Waals surface area contributed by atoms with Crippen molar-refractivity contribution in [2.75, 3.05) is 11.9 Å². The van der Waals surface area contributed by atoms with Gasteiger partial charge in [-0.25, -0.2) is 0 Å². The van der Waals surface area contributed by atoms with Gasteiger partial charge in [0.15, 0.2) is 6.61 Å². The lowest BCUT2D eigenvalue weighted by Crippen LogP contribution is -2.23. The minimum absolute atomic E-state index is 0.0329. The second kappa shape index (κ2) is 10.1. The largest absolute Gasteiger partial charge is 0.456 e. The maximum atomic E-state index is 12.2. The van der Waals surface area contributed by atoms with Crippen molar-refractivity contribution in [3.63, 3.8) is 0 Å². The van der Waals surface area contributed by atoms with E-state index in [1.165, 1.54) is 16.3 Å². The van der Waals surface area contributed by atoms with Crippen LogP contribution in [0.4, 0.5) is 5.69 Å². The number of aryl methyl sites for hydroxylation is 1. The molecule has 3 aromatic rings. The van der Waals surface area contributed by atoms with Crippen LogP contribution in [-0.4, -0.2) is 23.1 Å². The van der Waals surface area contributed by atoms with Gasteiger partial charge in [-0.15, -0.1) is 0 Å². The maximum absolute atomic E-state index is 12.2. The van der Waals surface area contributed by atoms with Crippen LogP contribution in [0.5, 0.6) is 0 Å². The van der Waals surface area contributed by atoms with E-state index in [9.17, 15) is 14.4 Å². The molecule has 3 rings (SSSR count). The predicted molar refractivity (Wildman–Crippen MR) is 115 cm³/mol. The van der Waals surface area contributed by atoms with Crippen molar-refractivity contribution in [2.45, 2.75) is 29.7 Å². The van der Waals surface area contributed by atoms with E-state index in [1.54, 1.807) is 11.4 Å². The number of nitrogens with zero attached hydrogens (tertiary/aromatic N) is 1. The van der Waals surface area contributed by atoms with Crippen molar-refractivity contribution in [2.24, 2.45) is 0 Å². The summed E-state index contributed by atoms with van der Waals surface area (Å²) in [6.45, 7) is 1.67. The Bertz CT molecular complexity index is 1040. The van der Waals surface area contributed by atoms with E-state index in [0.29, 0.717) is 5.69 Å². The number of nitrogens with one attached hydrogen (secondary N) is 1. The topological polar surface area (TPSA) is 77.4 Å². The van der Waals surface area contributed by atoms with E-state index in [0.717, 1.165) is 26.8 Å². The molecule has 0 fully saturated rings. The summed E-state index contributed by atoms with van der Waals surface area (Å²) in [6, 6.07) is 17.3. The van der Waals surface area contributed by atoms with Crippen LogP contribution in [0.25, 0.3) is 0 Å². The molecule has 0 unspecified atom stereocenters. The molecule has 1 heterocycles. The van der Waals surface area contributed by atoms with Crippen LogP contribution in [-0.2, 0) is 20.9 Å². The van der Waals surface area contributed by atoms with Crippen molar-refractivity contribution < 1.29 is 14.3 Å². The van der Waals surface area contributed by atoms with Crippen LogP contribution >= 0.6 is 23.1 Å². The first-order valence-electron chi connectivity index (χ1n) is 8.95. The number of anilines is 1. The highest BCUT2D eigenvalue weighted by Crippen LogP contribution is 2.33. The van der Waals surface area contributed by atoms with Gasteiger partial charge in [0, 0.05) is 27.4 Å². The first-order chi connectivity index (χ1) is 14.0. The fourth-order valence-electron chi connectivity index (χ4n) is 2.56. The number of ether oxygens (including phenoxy) is 1. The highest BCUT2D eigenvalue weighted by atomic mass is 32.2. The number of benzene rings is 2. The van der Waals surface area contributed by atoms with Crippen LogP contribution in [0.1, 0.15) is 12.1 Å². The van der Waals surface area contributed by atoms with Crippen LogP contribution in [0, 0.1) is 6.92 Å². The summed E-state index contributed by atoms with van der Waals surface area (Å²) >= 11 is 2.63. The Morgan fingerprint density at radius 3 is 2.55 bits per heavy atom. The highest BCUT2D eigenvalue weighted by molar-refractivity contribution is 7.99. The molecule has 150 valence electrons. The summed E-state index contributed by atoms with van der Waals surface area (Å²) in [6.07, 6.45) is 0.0329. The number of carbonyl (C=O) groups excluding carboxylic acids is 2. The summed E-state index contributed by atoms with van der Waals surface area (Å²) in [5, 5.41) is 4.53. The van der Waals surface area contributed by atoms with E-state index in [1.807, 2.05) is 55.5 Å². The van der Waals surface area contributed by atoms with Gasteiger partial charge in [-0.1, -0.05) is 53.4 Å². The van der Waals surface area contributed by atoms with Crippen LogP contribution < -0.4 is 10.2 Å². The molecular formula is C21H20N2O4S2. The van der Waals surface area contributed by atoms with Gasteiger partial charge in [-0.3, -0.25) is 14.4 Å². The van der Waals surface area contributed by atoms with Crippen molar-refractivity contribution in [3.05, 3.63) is 75.3 Å². The molecule has 0 bridgehead atoms. The minimum Gasteiger partial charge on any atom is -0.456 e. The molecule has 1 N–H and O–H groups in total. The number of carbonyl (C=O) groups is 2. The van der Waals surface area contributed by atoms with Gasteiger partial charge in [-0.05, 0) is 31.2 Å². The van der Waals surface area contributed by atoms with E-state index >= 15 is 0 Å². The normalized spacial score (nSPS) is 10.5. The Kier molecular flexibility index (Phi) is 7.26. The maximum Gasteiger partial charge on any atom is 0.308 e. The fraction of sp³-hybridized carbons (Fsp3) is 0.190. The van der Waals surface area contributed by atoms with Gasteiger partial charge in [0.05, 0.1) is 12.1 Å². The number of hydrogen-bond donors (Lipinski definition) is 1. The number of rotatable bonds is 8. The molecule has 0 aliphatic heterocycles. The molecule has 0 spiro atoms. The minimum atomic E-state index is -0.524. The Hall–Kier alpha value is -2.84. The Labute approximate surface area is 176 Å². The van der Waals surface area contributed by atoms with Gasteiger partial charge in [0.25, 0.3) is 5.91 Å². The lowest BCUT2D eigenvalue weighted by Gasteiger charge is -2.11. The van der Waals surface area contributed by atoms with Gasteiger partial charge >= 0.3 is 10.8 Å². The Morgan fingerprint density at radius 1 is 1.10 bits per heavy atom. The molecule has 0 atom stereocenters. The zero-order valence-electron chi connectivity index (χ0n) is 15.8. The average molecular weight is 429 g/mol. The summed E-state index contributed by atoms with van der Waals surface area (Å²) < 4.78 is 6.56. The molecule has 1 amide bonds. The molecule has 1 aromatic heterocycles. The summed E-state index contributed by atoms with van der Waals surface area (Å²) in [5.41, 5.74) is 1.46. The van der Waals surface area contributed by atoms with E-state index in [2.05, 4.69) is 5.32 Å². The molecule has 8 heteroatoms. The van der Waals surface area contributed by atoms with Crippen LogP contribution in [0.15, 0.2) is 74.6 Å². The molecule has 0 aliphatic rings. The zero-order valence-corrected chi connectivity index (χ0v) is 17.4. The number of aromatic nitrogens is 1. The monoisotopic (exact) mass is 428 g/mol. The van der Waals surface area contributed by atoms with Crippen LogP contribution in [0.3, 0.4) is 0 Å². The third-order valence-electron chi connectivity index (χ3n) is 4.01. The van der Waals surface area contributed by atoms with Gasteiger partial charge in [-0.2, -0.15) is 0 Å². The first kappa shape index (κ1) is 20.9. The molecule has 0 aliphatic carbocycles. The molecular weight excluding hydrogens is 408 g/mol. The second-order valence-corrected chi connectivity index (χ2v) is 8.10. The molecule has 2 aromatic carbocycles. The molecule has 6 nitrogen and oxygen atoms in total. The van der Waals surface area contributed by atoms with Crippen molar-refractivity contribution in [1.82, 2.24) is 4.57 Å². The third kappa shape index (κ3) is 6.07. The summed E-state index contributed by atoms with van der Waals surface area (Å²) in [7, 11) is 0. The molecule has 0 saturated carbocycles. The van der Waals surface area contributed by atoms with Crippen molar-refractivity contribution in [1.29, 1.82) is 0 Å². The second-order valence-electron chi connectivity index (χ2n) is 6.16. The lowest BCUT2D eigenvalue weighted by atomic mass is 10.3. The van der Waals surface area contributed by atoms with Gasteiger partial charge < -0.3 is 14.6 Å². The van der Waals surface area contributed by atoms with Crippen LogP contribution in [0.2, 0.25) is 0 Å². The summed E-state index contributed by atoms with van der Waals surface area (Å²) in [5.74, 6) is -0.937. The number of para-hydroxylation sites is 1. The van der Waals surface area contributed by atoms with Crippen molar-refractivity contribution in [3.8, 4) is 0 Å². The van der Waals surface area contributed by atoms with E-state index in [4.69, 9.17) is 4.74 Å². The van der Waals surface area contributed by atoms with Gasteiger partial charge in [0.1, 0.15) is 0 Å². The molecule has 0 saturated heterocycles. The smallest absolute Gasteiger partial charge is 0.308 e. The SMILES string of the molecule is Cc1csc(=O)n1CCC(=O)OCC(=O)Nc1ccccc1Sc1ccccc1. The van der Waals surface area contributed by atoms with Gasteiger partial charge in [0.2, 0.25) is 0 Å². The quantitative estimate of drug-likeness (QED) is 0.550. The fourth-order valence-corrected chi connectivity index (χ4v) is 4.24. The standard InChI is InChI=1S/C21H20N2O4S2/c1-15-14-28-21(26)23(15)12-11-20(25)27-13-19(24)22-17-9-5-6-10-18(17)29-16-7-3-2-4-8-16/h2-10,14H,11-13H2,1H3,(H,22,24). The lowest BCUT2D eigenvalue weighted by molar-refractivity contribution is -0.147. The first-order valence-corrected chi connectivity index (χ1v) is 10.6. The number of hydrogen-bond acceptors (Lipinski definition) is 6. The van der Waals surface area contributed by atoms with Crippen molar-refractivity contribution >= 4 is 40.7 Å². The van der Waals surface area contributed by atoms with E-state index in [-0.39, 0.29) is 24.4 Å². The average Bonchev–Trinajstić information content (AvgIpc) is 3.04. The number of esters is 1. The summed E-state index contributed by atoms with van der Waals surface area (Å²) in [4.78, 5) is 37.6. The van der Waals surface area contributed by atoms with E-state index < -0.39 is 11.9 Å². The highest BCUT2D eigenvalue weighted by Gasteiger charge is 2.12. The molecule has 29 heavy (non-hydrogen) atoms. The zero-order chi connectivity index (χ0) is 20.6. The predicted octanol–water partition coefficient (Wildman–Crippen LogP) is 3.94. The number of amides is 1. The number of thiazole rings is 1. The Morgan fingerprint density at radius 2 is 1.83 bits per heavy atom. The molecule has 0 radical (unpaired) electrons.